The summed E-state index contributed by atoms with van der Waals surface area (Å²) in [6.45, 7) is 11.3. The van der Waals surface area contributed by atoms with E-state index in [0.29, 0.717) is 6.61 Å². The first-order valence-electron chi connectivity index (χ1n) is 8.67. The fourth-order valence-electron chi connectivity index (χ4n) is 2.38. The Morgan fingerprint density at radius 1 is 1.16 bits per heavy atom. The second-order valence-electron chi connectivity index (χ2n) is 7.93. The maximum absolute atomic E-state index is 12.7. The van der Waals surface area contributed by atoms with Crippen molar-refractivity contribution in [3.63, 3.8) is 0 Å². The monoisotopic (exact) mass is 366 g/mol. The third-order valence-corrected chi connectivity index (χ3v) is 9.44. The van der Waals surface area contributed by atoms with Crippen molar-refractivity contribution in [3.8, 4) is 0 Å². The van der Waals surface area contributed by atoms with Crippen LogP contribution in [0.1, 0.15) is 26.3 Å². The lowest BCUT2D eigenvalue weighted by molar-refractivity contribution is -0.154. The Morgan fingerprint density at radius 2 is 1.80 bits per heavy atom. The van der Waals surface area contributed by atoms with Crippen LogP contribution >= 0.6 is 0 Å². The minimum Gasteiger partial charge on any atom is -0.402 e. The molecule has 0 aliphatic carbocycles. The molecule has 0 aromatic heterocycles. The first-order chi connectivity index (χ1) is 11.7. The molecule has 0 N–H and O–H groups in total. The zero-order valence-electron chi connectivity index (χ0n) is 16.1. The molecule has 0 amide bonds. The van der Waals surface area contributed by atoms with Gasteiger partial charge in [-0.15, -0.1) is 0 Å². The SMILES string of the molecule is CO[C@@H]1O[C@H](COCc2ccccc2)C(=O)[C@H]1O[Si](C)(C)C(C)(C)C. The van der Waals surface area contributed by atoms with Crippen LogP contribution in [0.3, 0.4) is 0 Å². The van der Waals surface area contributed by atoms with Crippen molar-refractivity contribution in [2.24, 2.45) is 0 Å². The van der Waals surface area contributed by atoms with Crippen LogP contribution in [0, 0.1) is 0 Å². The summed E-state index contributed by atoms with van der Waals surface area (Å²) in [5.41, 5.74) is 1.06. The Labute approximate surface area is 151 Å². The van der Waals surface area contributed by atoms with Crippen molar-refractivity contribution >= 4 is 14.1 Å². The van der Waals surface area contributed by atoms with Gasteiger partial charge in [0, 0.05) is 7.11 Å². The van der Waals surface area contributed by atoms with Crippen LogP contribution in [0.15, 0.2) is 30.3 Å². The summed E-state index contributed by atoms with van der Waals surface area (Å²) in [5.74, 6) is -0.0928. The molecular formula is C19H30O5Si. The van der Waals surface area contributed by atoms with E-state index in [4.69, 9.17) is 18.6 Å². The number of benzene rings is 1. The highest BCUT2D eigenvalue weighted by molar-refractivity contribution is 6.74. The molecule has 0 spiro atoms. The molecular weight excluding hydrogens is 336 g/mol. The molecule has 1 aromatic rings. The van der Waals surface area contributed by atoms with Gasteiger partial charge in [0.2, 0.25) is 0 Å². The third kappa shape index (κ3) is 4.98. The van der Waals surface area contributed by atoms with Gasteiger partial charge in [-0.25, -0.2) is 0 Å². The van der Waals surface area contributed by atoms with Gasteiger partial charge >= 0.3 is 0 Å². The van der Waals surface area contributed by atoms with Gasteiger partial charge in [0.25, 0.3) is 0 Å². The molecule has 1 heterocycles. The van der Waals surface area contributed by atoms with Gasteiger partial charge < -0.3 is 18.6 Å². The average Bonchev–Trinajstić information content (AvgIpc) is 2.83. The number of ether oxygens (including phenoxy) is 3. The van der Waals surface area contributed by atoms with E-state index in [1.165, 1.54) is 7.11 Å². The topological polar surface area (TPSA) is 54.0 Å². The van der Waals surface area contributed by atoms with E-state index in [1.807, 2.05) is 30.3 Å². The zero-order chi connectivity index (χ0) is 18.7. The van der Waals surface area contributed by atoms with Gasteiger partial charge in [-0.1, -0.05) is 51.1 Å². The number of carbonyl (C=O) groups excluding carboxylic acids is 1. The summed E-state index contributed by atoms with van der Waals surface area (Å²) in [5, 5.41) is 0.00741. The minimum atomic E-state index is -2.10. The summed E-state index contributed by atoms with van der Waals surface area (Å²) in [6, 6.07) is 9.84. The molecule has 0 saturated carbocycles. The largest absolute Gasteiger partial charge is 0.402 e. The van der Waals surface area contributed by atoms with Crippen molar-refractivity contribution < 1.29 is 23.4 Å². The first kappa shape index (κ1) is 20.3. The lowest BCUT2D eigenvalue weighted by atomic mass is 10.2. The predicted octanol–water partition coefficient (Wildman–Crippen LogP) is 3.53. The van der Waals surface area contributed by atoms with E-state index in [9.17, 15) is 4.79 Å². The number of hydrogen-bond acceptors (Lipinski definition) is 5. The molecule has 0 radical (unpaired) electrons. The van der Waals surface area contributed by atoms with Crippen LogP contribution in [0.5, 0.6) is 0 Å². The summed E-state index contributed by atoms with van der Waals surface area (Å²) >= 11 is 0. The van der Waals surface area contributed by atoms with Crippen LogP contribution in [0.25, 0.3) is 0 Å². The highest BCUT2D eigenvalue weighted by atomic mass is 28.4. The lowest BCUT2D eigenvalue weighted by Crippen LogP contribution is -2.48. The molecule has 1 aliphatic rings. The number of Topliss-reactive ketones (excluding diaryl/α,β-unsaturated/α-hetero) is 1. The van der Waals surface area contributed by atoms with Gasteiger partial charge in [-0.3, -0.25) is 4.79 Å². The minimum absolute atomic E-state index is 0.00741. The summed E-state index contributed by atoms with van der Waals surface area (Å²) in [4.78, 5) is 12.7. The van der Waals surface area contributed by atoms with Gasteiger partial charge in [0.15, 0.2) is 26.5 Å². The highest BCUT2D eigenvalue weighted by Gasteiger charge is 2.49. The molecule has 5 nitrogen and oxygen atoms in total. The fraction of sp³-hybridized carbons (Fsp3) is 0.632. The molecule has 1 aliphatic heterocycles. The van der Waals surface area contributed by atoms with Gasteiger partial charge in [-0.2, -0.15) is 0 Å². The first-order valence-corrected chi connectivity index (χ1v) is 11.6. The third-order valence-electron chi connectivity index (χ3n) is 4.98. The van der Waals surface area contributed by atoms with E-state index in [0.717, 1.165) is 5.56 Å². The van der Waals surface area contributed by atoms with Crippen LogP contribution in [-0.2, 0) is 30.0 Å². The van der Waals surface area contributed by atoms with Crippen LogP contribution in [0.4, 0.5) is 0 Å². The van der Waals surface area contributed by atoms with Crippen molar-refractivity contribution in [1.82, 2.24) is 0 Å². The Morgan fingerprint density at radius 3 is 2.36 bits per heavy atom. The normalized spacial score (nSPS) is 24.7. The number of methoxy groups -OCH3 is 1. The van der Waals surface area contributed by atoms with E-state index in [-0.39, 0.29) is 17.4 Å². The molecule has 2 rings (SSSR count). The number of carbonyl (C=O) groups is 1. The van der Waals surface area contributed by atoms with Gasteiger partial charge in [0.05, 0.1) is 13.2 Å². The Bertz CT molecular complexity index is 567. The predicted molar refractivity (Wildman–Crippen MR) is 98.8 cm³/mol. The standard InChI is InChI=1S/C19H30O5Si/c1-19(2,3)25(5,6)24-17-16(20)15(23-18(17)21-4)13-22-12-14-10-8-7-9-11-14/h7-11,15,17-18H,12-13H2,1-6H3/t15-,17-,18-/m1/s1. The lowest BCUT2D eigenvalue weighted by Gasteiger charge is -2.38. The molecule has 1 fully saturated rings. The molecule has 25 heavy (non-hydrogen) atoms. The fourth-order valence-corrected chi connectivity index (χ4v) is 3.60. The summed E-state index contributed by atoms with van der Waals surface area (Å²) < 4.78 is 23.0. The maximum atomic E-state index is 12.7. The summed E-state index contributed by atoms with van der Waals surface area (Å²) in [6.07, 6.45) is -2.01. The Hall–Kier alpha value is -1.05. The maximum Gasteiger partial charge on any atom is 0.196 e. The second kappa shape index (κ2) is 8.10. The van der Waals surface area contributed by atoms with Gasteiger partial charge in [0.1, 0.15) is 6.10 Å². The molecule has 6 heteroatoms. The zero-order valence-corrected chi connectivity index (χ0v) is 17.1. The van der Waals surface area contributed by atoms with Crippen molar-refractivity contribution in [3.05, 3.63) is 35.9 Å². The smallest absolute Gasteiger partial charge is 0.196 e. The van der Waals surface area contributed by atoms with E-state index < -0.39 is 26.8 Å². The molecule has 0 bridgehead atoms. The molecule has 1 saturated heterocycles. The van der Waals surface area contributed by atoms with Crippen molar-refractivity contribution in [2.45, 2.75) is 64.0 Å². The Balaban J connectivity index is 1.95. The number of ketones is 1. The molecule has 3 atom stereocenters. The van der Waals surface area contributed by atoms with E-state index in [1.54, 1.807) is 0 Å². The number of hydrogen-bond donors (Lipinski definition) is 0. The van der Waals surface area contributed by atoms with Crippen molar-refractivity contribution in [1.29, 1.82) is 0 Å². The van der Waals surface area contributed by atoms with Crippen molar-refractivity contribution in [2.75, 3.05) is 13.7 Å². The molecule has 0 unspecified atom stereocenters. The summed E-state index contributed by atoms with van der Waals surface area (Å²) in [7, 11) is -0.570. The van der Waals surface area contributed by atoms with Crippen LogP contribution < -0.4 is 0 Å². The van der Waals surface area contributed by atoms with Gasteiger partial charge in [-0.05, 0) is 23.7 Å². The highest BCUT2D eigenvalue weighted by Crippen LogP contribution is 2.39. The van der Waals surface area contributed by atoms with E-state index in [2.05, 4.69) is 33.9 Å². The molecule has 140 valence electrons. The van der Waals surface area contributed by atoms with Crippen LogP contribution in [-0.4, -0.2) is 46.3 Å². The van der Waals surface area contributed by atoms with E-state index >= 15 is 0 Å². The molecule has 1 aromatic carbocycles. The quantitative estimate of drug-likeness (QED) is 0.691. The average molecular weight is 367 g/mol. The Kier molecular flexibility index (Phi) is 6.56. The number of rotatable bonds is 7. The second-order valence-corrected chi connectivity index (χ2v) is 12.7. The van der Waals surface area contributed by atoms with Crippen LogP contribution in [0.2, 0.25) is 18.1 Å².